The Kier molecular flexibility index (Phi) is 10.6. The summed E-state index contributed by atoms with van der Waals surface area (Å²) in [4.78, 5) is 22.5. The van der Waals surface area contributed by atoms with E-state index in [4.69, 9.17) is 10.4 Å². The van der Waals surface area contributed by atoms with Crippen molar-refractivity contribution in [2.45, 2.75) is 70.8 Å². The first-order valence-corrected chi connectivity index (χ1v) is 9.59. The third kappa shape index (κ3) is 8.96. The van der Waals surface area contributed by atoms with Gasteiger partial charge in [-0.25, -0.2) is 0 Å². The summed E-state index contributed by atoms with van der Waals surface area (Å²) in [7, 11) is 0. The van der Waals surface area contributed by atoms with Crippen LogP contribution in [0, 0.1) is 29.1 Å². The standard InChI is InChI=1S/C21H31NO4/c1-16(15-22)7-6-8-18(23)13-11-17-12-14-20(24)19(17)9-4-2-3-5-10-21(25)26/h2,4,11,13,16-19,23H,3,5-10,12,14H2,1H3,(H,25,26)/b4-2-,13-11?/t16?,17-,18+,19+/m1/s1. The molecule has 0 saturated heterocycles. The van der Waals surface area contributed by atoms with Gasteiger partial charge in [0.05, 0.1) is 12.2 Å². The third-order valence-electron chi connectivity index (χ3n) is 4.91. The lowest BCUT2D eigenvalue weighted by atomic mass is 9.91. The molecule has 0 heterocycles. The predicted molar refractivity (Wildman–Crippen MR) is 100 cm³/mol. The van der Waals surface area contributed by atoms with Gasteiger partial charge in [0.2, 0.25) is 0 Å². The van der Waals surface area contributed by atoms with E-state index in [1.54, 1.807) is 6.08 Å². The number of hydrogen-bond acceptors (Lipinski definition) is 4. The van der Waals surface area contributed by atoms with Gasteiger partial charge in [0, 0.05) is 24.7 Å². The Morgan fingerprint density at radius 2 is 2.12 bits per heavy atom. The summed E-state index contributed by atoms with van der Waals surface area (Å²) < 4.78 is 0. The molecule has 0 amide bonds. The van der Waals surface area contributed by atoms with E-state index in [0.717, 1.165) is 19.3 Å². The minimum Gasteiger partial charge on any atom is -0.481 e. The van der Waals surface area contributed by atoms with E-state index in [2.05, 4.69) is 6.07 Å². The van der Waals surface area contributed by atoms with Crippen LogP contribution in [-0.4, -0.2) is 28.1 Å². The van der Waals surface area contributed by atoms with Gasteiger partial charge in [0.15, 0.2) is 0 Å². The highest BCUT2D eigenvalue weighted by molar-refractivity contribution is 5.83. The van der Waals surface area contributed by atoms with Crippen molar-refractivity contribution in [2.24, 2.45) is 17.8 Å². The van der Waals surface area contributed by atoms with Crippen LogP contribution in [0.15, 0.2) is 24.3 Å². The van der Waals surface area contributed by atoms with Crippen molar-refractivity contribution in [3.05, 3.63) is 24.3 Å². The maximum absolute atomic E-state index is 12.1. The van der Waals surface area contributed by atoms with Crippen LogP contribution in [0.2, 0.25) is 0 Å². The summed E-state index contributed by atoms with van der Waals surface area (Å²) in [5.41, 5.74) is 0. The summed E-state index contributed by atoms with van der Waals surface area (Å²) in [5.74, 6) is -0.362. The zero-order valence-corrected chi connectivity index (χ0v) is 15.6. The smallest absolute Gasteiger partial charge is 0.303 e. The van der Waals surface area contributed by atoms with E-state index in [0.29, 0.717) is 32.1 Å². The average molecular weight is 361 g/mol. The van der Waals surface area contributed by atoms with Crippen LogP contribution in [-0.2, 0) is 9.59 Å². The zero-order valence-electron chi connectivity index (χ0n) is 15.6. The molecule has 2 N–H and O–H groups in total. The SMILES string of the molecule is CC(C#N)CCC[C@H](O)C=C[C@@H]1CCC(=O)[C@H]1C/C=C\CCCC(=O)O. The number of carbonyl (C=O) groups excluding carboxylic acids is 1. The van der Waals surface area contributed by atoms with Gasteiger partial charge in [0.25, 0.3) is 0 Å². The number of hydrogen-bond donors (Lipinski definition) is 2. The van der Waals surface area contributed by atoms with Gasteiger partial charge in [0.1, 0.15) is 5.78 Å². The van der Waals surface area contributed by atoms with Crippen LogP contribution in [0.5, 0.6) is 0 Å². The third-order valence-corrected chi connectivity index (χ3v) is 4.91. The van der Waals surface area contributed by atoms with E-state index < -0.39 is 12.1 Å². The van der Waals surface area contributed by atoms with E-state index >= 15 is 0 Å². The number of carbonyl (C=O) groups is 2. The van der Waals surface area contributed by atoms with Crippen molar-refractivity contribution in [3.8, 4) is 6.07 Å². The number of carboxylic acid groups (broad SMARTS) is 1. The molecule has 0 aromatic heterocycles. The molecular weight excluding hydrogens is 330 g/mol. The minimum absolute atomic E-state index is 0.0188. The lowest BCUT2D eigenvalue weighted by Gasteiger charge is -2.14. The number of allylic oxidation sites excluding steroid dienone is 3. The Bertz CT molecular complexity index is 547. The summed E-state index contributed by atoms with van der Waals surface area (Å²) >= 11 is 0. The van der Waals surface area contributed by atoms with Gasteiger partial charge in [-0.15, -0.1) is 0 Å². The molecule has 0 aliphatic heterocycles. The first-order valence-electron chi connectivity index (χ1n) is 9.59. The van der Waals surface area contributed by atoms with Crippen LogP contribution >= 0.6 is 0 Å². The quantitative estimate of drug-likeness (QED) is 0.404. The van der Waals surface area contributed by atoms with Crippen LogP contribution in [0.1, 0.15) is 64.7 Å². The molecule has 26 heavy (non-hydrogen) atoms. The fraction of sp³-hybridized carbons (Fsp3) is 0.667. The van der Waals surface area contributed by atoms with E-state index in [1.165, 1.54) is 0 Å². The summed E-state index contributed by atoms with van der Waals surface area (Å²) in [6, 6.07) is 2.19. The zero-order chi connectivity index (χ0) is 19.4. The van der Waals surface area contributed by atoms with Crippen LogP contribution in [0.4, 0.5) is 0 Å². The predicted octanol–water partition coefficient (Wildman–Crippen LogP) is 4.03. The molecule has 1 saturated carbocycles. The number of rotatable bonds is 12. The number of ketones is 1. The number of nitrogens with zero attached hydrogens (tertiary/aromatic N) is 1. The van der Waals surface area contributed by atoms with Crippen molar-refractivity contribution in [2.75, 3.05) is 0 Å². The Morgan fingerprint density at radius 3 is 2.81 bits per heavy atom. The molecule has 1 rings (SSSR count). The topological polar surface area (TPSA) is 98.4 Å². The first kappa shape index (κ1) is 22.1. The van der Waals surface area contributed by atoms with Crippen molar-refractivity contribution >= 4 is 11.8 Å². The van der Waals surface area contributed by atoms with Crippen LogP contribution in [0.25, 0.3) is 0 Å². The normalized spacial score (nSPS) is 22.7. The number of unbranched alkanes of at least 4 members (excludes halogenated alkanes) is 1. The summed E-state index contributed by atoms with van der Waals surface area (Å²) in [5, 5.41) is 27.4. The minimum atomic E-state index is -0.782. The van der Waals surface area contributed by atoms with E-state index in [9.17, 15) is 14.7 Å². The van der Waals surface area contributed by atoms with E-state index in [-0.39, 0.29) is 30.0 Å². The highest BCUT2D eigenvalue weighted by Gasteiger charge is 2.31. The molecule has 0 radical (unpaired) electrons. The molecule has 5 heteroatoms. The lowest BCUT2D eigenvalue weighted by molar-refractivity contribution is -0.137. The maximum Gasteiger partial charge on any atom is 0.303 e. The molecule has 144 valence electrons. The molecule has 4 atom stereocenters. The number of aliphatic carboxylic acids is 1. The van der Waals surface area contributed by atoms with Gasteiger partial charge in [-0.2, -0.15) is 5.26 Å². The number of aliphatic hydroxyl groups excluding tert-OH is 1. The van der Waals surface area contributed by atoms with Crippen LogP contribution in [0.3, 0.4) is 0 Å². The fourth-order valence-corrected chi connectivity index (χ4v) is 3.27. The summed E-state index contributed by atoms with van der Waals surface area (Å²) in [6.07, 6.45) is 13.0. The molecular formula is C21H31NO4. The molecule has 5 nitrogen and oxygen atoms in total. The molecule has 1 fully saturated rings. The number of carboxylic acids is 1. The van der Waals surface area contributed by atoms with Crippen molar-refractivity contribution in [1.29, 1.82) is 5.26 Å². The van der Waals surface area contributed by atoms with Crippen molar-refractivity contribution < 1.29 is 19.8 Å². The second kappa shape index (κ2) is 12.4. The van der Waals surface area contributed by atoms with Crippen molar-refractivity contribution in [3.63, 3.8) is 0 Å². The van der Waals surface area contributed by atoms with Gasteiger partial charge in [-0.3, -0.25) is 9.59 Å². The lowest BCUT2D eigenvalue weighted by Crippen LogP contribution is -2.13. The fourth-order valence-electron chi connectivity index (χ4n) is 3.27. The number of Topliss-reactive ketones (excluding diaryl/α,β-unsaturated/α-hetero) is 1. The molecule has 1 aliphatic rings. The van der Waals surface area contributed by atoms with Gasteiger partial charge in [-0.05, 0) is 57.8 Å². The number of aliphatic hydroxyl groups is 1. The molecule has 0 aromatic rings. The maximum atomic E-state index is 12.1. The second-order valence-electron chi connectivity index (χ2n) is 7.18. The highest BCUT2D eigenvalue weighted by atomic mass is 16.4. The van der Waals surface area contributed by atoms with Gasteiger partial charge in [-0.1, -0.05) is 24.3 Å². The summed E-state index contributed by atoms with van der Waals surface area (Å²) in [6.45, 7) is 1.88. The Hall–Kier alpha value is -1.93. The monoisotopic (exact) mass is 361 g/mol. The van der Waals surface area contributed by atoms with Crippen molar-refractivity contribution in [1.82, 2.24) is 0 Å². The molecule has 0 bridgehead atoms. The van der Waals surface area contributed by atoms with Gasteiger partial charge < -0.3 is 10.2 Å². The largest absolute Gasteiger partial charge is 0.481 e. The van der Waals surface area contributed by atoms with E-state index in [1.807, 2.05) is 25.2 Å². The molecule has 1 aliphatic carbocycles. The van der Waals surface area contributed by atoms with Gasteiger partial charge >= 0.3 is 5.97 Å². The number of nitriles is 1. The Morgan fingerprint density at radius 1 is 1.35 bits per heavy atom. The average Bonchev–Trinajstić information content (AvgIpc) is 2.95. The first-order chi connectivity index (χ1) is 12.4. The molecule has 1 unspecified atom stereocenters. The second-order valence-corrected chi connectivity index (χ2v) is 7.18. The Labute approximate surface area is 156 Å². The van der Waals surface area contributed by atoms with Crippen LogP contribution < -0.4 is 0 Å². The Balaban J connectivity index is 2.37. The highest BCUT2D eigenvalue weighted by Crippen LogP contribution is 2.33. The molecule has 0 spiro atoms. The molecule has 0 aromatic carbocycles.